The number of nitrogens with one attached hydrogen (secondary N) is 1. The van der Waals surface area contributed by atoms with Crippen molar-refractivity contribution in [3.05, 3.63) is 35.9 Å². The molecule has 0 aliphatic rings. The number of hydrogen-bond donors (Lipinski definition) is 1. The van der Waals surface area contributed by atoms with E-state index in [9.17, 15) is 13.6 Å². The van der Waals surface area contributed by atoms with Gasteiger partial charge in [-0.1, -0.05) is 45.4 Å². The zero-order chi connectivity index (χ0) is 19.2. The van der Waals surface area contributed by atoms with Gasteiger partial charge in [0.05, 0.1) is 7.11 Å². The molecule has 25 heavy (non-hydrogen) atoms. The molecular formula is C19H29F2NO3. The molecule has 142 valence electrons. The lowest BCUT2D eigenvalue weighted by molar-refractivity contribution is -0.120. The number of methoxy groups -OCH3 is 1. The fraction of sp³-hybridized carbons (Fsp3) is 0.526. The Morgan fingerprint density at radius 3 is 2.40 bits per heavy atom. The topological polar surface area (TPSA) is 47.6 Å². The number of halogens is 2. The number of allylic oxidation sites excluding steroid dienone is 2. The lowest BCUT2D eigenvalue weighted by Gasteiger charge is -2.11. The maximum atomic E-state index is 12.1. The summed E-state index contributed by atoms with van der Waals surface area (Å²) in [6.07, 6.45) is 5.97. The van der Waals surface area contributed by atoms with Gasteiger partial charge in [0.15, 0.2) is 11.5 Å². The van der Waals surface area contributed by atoms with E-state index in [2.05, 4.69) is 43.0 Å². The second-order valence-corrected chi connectivity index (χ2v) is 5.41. The highest BCUT2D eigenvalue weighted by molar-refractivity contribution is 5.75. The van der Waals surface area contributed by atoms with Gasteiger partial charge >= 0.3 is 6.61 Å². The molecule has 0 aliphatic heterocycles. The van der Waals surface area contributed by atoms with Crippen LogP contribution >= 0.6 is 0 Å². The zero-order valence-electron chi connectivity index (χ0n) is 15.6. The van der Waals surface area contributed by atoms with E-state index in [0.717, 1.165) is 11.5 Å². The molecule has 1 aromatic carbocycles. The maximum absolute atomic E-state index is 12.1. The van der Waals surface area contributed by atoms with Crippen LogP contribution in [0.5, 0.6) is 11.5 Å². The molecule has 0 saturated carbocycles. The predicted molar refractivity (Wildman–Crippen MR) is 96.0 cm³/mol. The normalized spacial score (nSPS) is 11.7. The van der Waals surface area contributed by atoms with E-state index in [4.69, 9.17) is 4.74 Å². The fourth-order valence-electron chi connectivity index (χ4n) is 1.81. The van der Waals surface area contributed by atoms with Crippen molar-refractivity contribution in [3.63, 3.8) is 0 Å². The van der Waals surface area contributed by atoms with Crippen molar-refractivity contribution in [3.8, 4) is 11.5 Å². The Balaban J connectivity index is 0.000000697. The van der Waals surface area contributed by atoms with Crippen LogP contribution in [0.4, 0.5) is 8.78 Å². The maximum Gasteiger partial charge on any atom is 0.387 e. The van der Waals surface area contributed by atoms with E-state index in [1.807, 2.05) is 0 Å². The number of rotatable bonds is 8. The molecule has 4 nitrogen and oxygen atoms in total. The molecule has 1 rings (SSSR count). The minimum atomic E-state index is -2.90. The average Bonchev–Trinajstić information content (AvgIpc) is 2.60. The van der Waals surface area contributed by atoms with Gasteiger partial charge < -0.3 is 14.8 Å². The molecular weight excluding hydrogens is 328 g/mol. The third kappa shape index (κ3) is 10.4. The smallest absolute Gasteiger partial charge is 0.387 e. The summed E-state index contributed by atoms with van der Waals surface area (Å²) < 4.78 is 33.4. The van der Waals surface area contributed by atoms with Gasteiger partial charge in [-0.25, -0.2) is 0 Å². The summed E-state index contributed by atoms with van der Waals surface area (Å²) in [6, 6.07) is 4.53. The molecule has 0 aliphatic carbocycles. The lowest BCUT2D eigenvalue weighted by atomic mass is 10.1. The second-order valence-electron chi connectivity index (χ2n) is 5.41. The summed E-state index contributed by atoms with van der Waals surface area (Å²) >= 11 is 0. The molecule has 1 amide bonds. The van der Waals surface area contributed by atoms with Crippen LogP contribution in [-0.4, -0.2) is 19.6 Å². The summed E-state index contributed by atoms with van der Waals surface area (Å²) in [4.78, 5) is 11.1. The predicted octanol–water partition coefficient (Wildman–Crippen LogP) is 4.93. The zero-order valence-corrected chi connectivity index (χ0v) is 15.6. The SMILES string of the molecule is C/C=C/C(C)CC.CCC(=O)NCc1ccc(OC(F)F)c(OC)c1. The summed E-state index contributed by atoms with van der Waals surface area (Å²) in [5.41, 5.74) is 0.746. The van der Waals surface area contributed by atoms with Crippen molar-refractivity contribution in [1.29, 1.82) is 0 Å². The van der Waals surface area contributed by atoms with Crippen LogP contribution in [0.15, 0.2) is 30.4 Å². The third-order valence-electron chi connectivity index (χ3n) is 3.42. The van der Waals surface area contributed by atoms with E-state index in [1.165, 1.54) is 19.6 Å². The molecule has 0 bridgehead atoms. The van der Waals surface area contributed by atoms with Crippen LogP contribution < -0.4 is 14.8 Å². The highest BCUT2D eigenvalue weighted by atomic mass is 19.3. The molecule has 0 fully saturated rings. The number of amides is 1. The Morgan fingerprint density at radius 2 is 1.96 bits per heavy atom. The Bertz CT molecular complexity index is 533. The largest absolute Gasteiger partial charge is 0.493 e. The van der Waals surface area contributed by atoms with Crippen molar-refractivity contribution < 1.29 is 23.0 Å². The molecule has 0 heterocycles. The number of carbonyl (C=O) groups is 1. The van der Waals surface area contributed by atoms with Gasteiger partial charge in [0, 0.05) is 13.0 Å². The minimum Gasteiger partial charge on any atom is -0.493 e. The van der Waals surface area contributed by atoms with Crippen molar-refractivity contribution >= 4 is 5.91 Å². The molecule has 0 aromatic heterocycles. The Kier molecular flexibility index (Phi) is 12.1. The first kappa shape index (κ1) is 22.9. The molecule has 1 atom stereocenters. The minimum absolute atomic E-state index is 0.0296. The Morgan fingerprint density at radius 1 is 1.28 bits per heavy atom. The van der Waals surface area contributed by atoms with E-state index in [-0.39, 0.29) is 17.4 Å². The van der Waals surface area contributed by atoms with Crippen LogP contribution in [0.1, 0.15) is 46.1 Å². The van der Waals surface area contributed by atoms with Gasteiger partial charge in [-0.15, -0.1) is 0 Å². The number of alkyl halides is 2. The van der Waals surface area contributed by atoms with Crippen LogP contribution in [0.3, 0.4) is 0 Å². The Hall–Kier alpha value is -2.11. The highest BCUT2D eigenvalue weighted by Gasteiger charge is 2.11. The Labute approximate surface area is 149 Å². The summed E-state index contributed by atoms with van der Waals surface area (Å²) in [5.74, 6) is 0.864. The monoisotopic (exact) mass is 357 g/mol. The third-order valence-corrected chi connectivity index (χ3v) is 3.42. The first-order valence-corrected chi connectivity index (χ1v) is 8.39. The molecule has 6 heteroatoms. The van der Waals surface area contributed by atoms with Crippen LogP contribution in [0, 0.1) is 5.92 Å². The molecule has 1 N–H and O–H groups in total. The highest BCUT2D eigenvalue weighted by Crippen LogP contribution is 2.29. The average molecular weight is 357 g/mol. The van der Waals surface area contributed by atoms with Gasteiger partial charge in [0.2, 0.25) is 5.91 Å². The molecule has 1 aromatic rings. The first-order chi connectivity index (χ1) is 11.9. The van der Waals surface area contributed by atoms with E-state index in [0.29, 0.717) is 13.0 Å². The molecule has 0 saturated heterocycles. The van der Waals surface area contributed by atoms with Crippen molar-refractivity contribution in [1.82, 2.24) is 5.32 Å². The fourth-order valence-corrected chi connectivity index (χ4v) is 1.81. The summed E-state index contributed by atoms with van der Waals surface area (Å²) in [7, 11) is 1.36. The first-order valence-electron chi connectivity index (χ1n) is 8.39. The quantitative estimate of drug-likeness (QED) is 0.671. The van der Waals surface area contributed by atoms with Crippen LogP contribution in [-0.2, 0) is 11.3 Å². The van der Waals surface area contributed by atoms with Gasteiger partial charge in [-0.2, -0.15) is 8.78 Å². The van der Waals surface area contributed by atoms with Crippen LogP contribution in [0.25, 0.3) is 0 Å². The molecule has 0 spiro atoms. The number of benzene rings is 1. The van der Waals surface area contributed by atoms with Crippen molar-refractivity contribution in [2.75, 3.05) is 7.11 Å². The second kappa shape index (κ2) is 13.2. The van der Waals surface area contributed by atoms with Crippen molar-refractivity contribution in [2.24, 2.45) is 5.92 Å². The number of hydrogen-bond acceptors (Lipinski definition) is 3. The summed E-state index contributed by atoms with van der Waals surface area (Å²) in [5, 5.41) is 2.68. The van der Waals surface area contributed by atoms with Gasteiger partial charge in [0.25, 0.3) is 0 Å². The molecule has 0 radical (unpaired) electrons. The van der Waals surface area contributed by atoms with Crippen molar-refractivity contribution in [2.45, 2.75) is 53.7 Å². The van der Waals surface area contributed by atoms with Crippen LogP contribution in [0.2, 0.25) is 0 Å². The number of carbonyl (C=O) groups excluding carboxylic acids is 1. The van der Waals surface area contributed by atoms with E-state index >= 15 is 0 Å². The number of ether oxygens (including phenoxy) is 2. The van der Waals surface area contributed by atoms with E-state index in [1.54, 1.807) is 19.1 Å². The lowest BCUT2D eigenvalue weighted by Crippen LogP contribution is -2.21. The standard InChI is InChI=1S/C12H15F2NO3.C7H14/c1-3-11(16)15-7-8-4-5-9(18-12(13)14)10(6-8)17-2;1-4-6-7(3)5-2/h4-6,12H,3,7H2,1-2H3,(H,15,16);4,6-7H,5H2,1-3H3/b;6-4+. The van der Waals surface area contributed by atoms with Gasteiger partial charge in [-0.3, -0.25) is 4.79 Å². The summed E-state index contributed by atoms with van der Waals surface area (Å²) in [6.45, 7) is 5.65. The van der Waals surface area contributed by atoms with Gasteiger partial charge in [0.1, 0.15) is 0 Å². The van der Waals surface area contributed by atoms with Gasteiger partial charge in [-0.05, 0) is 30.5 Å². The van der Waals surface area contributed by atoms with E-state index < -0.39 is 6.61 Å². The molecule has 1 unspecified atom stereocenters.